The predicted molar refractivity (Wildman–Crippen MR) is 63.9 cm³/mol. The molecule has 0 radical (unpaired) electrons. The summed E-state index contributed by atoms with van der Waals surface area (Å²) < 4.78 is 21.4. The van der Waals surface area contributed by atoms with E-state index in [4.69, 9.17) is 9.05 Å². The lowest BCUT2D eigenvalue weighted by molar-refractivity contribution is 0.228. The zero-order valence-corrected chi connectivity index (χ0v) is 10.8. The maximum absolute atomic E-state index is 11.5. The van der Waals surface area contributed by atoms with Gasteiger partial charge < -0.3 is 9.05 Å². The molecule has 0 aliphatic rings. The van der Waals surface area contributed by atoms with E-state index < -0.39 is 7.60 Å². The molecule has 0 saturated heterocycles. The summed E-state index contributed by atoms with van der Waals surface area (Å²) in [6.45, 7) is 1.78. The predicted octanol–water partition coefficient (Wildman–Crippen LogP) is 1.69. The van der Waals surface area contributed by atoms with Crippen LogP contribution in [0.4, 0.5) is 0 Å². The highest BCUT2D eigenvalue weighted by atomic mass is 32.2. The minimum atomic E-state index is -3.03. The molecule has 0 amide bonds. The number of hydrogen-bond acceptors (Lipinski definition) is 7. The average molecular weight is 272 g/mol. The summed E-state index contributed by atoms with van der Waals surface area (Å²) in [7, 11) is -3.03. The number of hydrogen-bond donors (Lipinski definition) is 0. The van der Waals surface area contributed by atoms with Crippen molar-refractivity contribution in [3.8, 4) is 0 Å². The average Bonchev–Trinajstić information content (AvgIpc) is 2.20. The second-order valence-corrected chi connectivity index (χ2v) is 6.30. The SMILES string of the molecule is CP(=O)(OCCSC=O)OCCSC=O. The lowest BCUT2D eigenvalue weighted by Crippen LogP contribution is -2.01. The zero-order valence-electron chi connectivity index (χ0n) is 8.29. The van der Waals surface area contributed by atoms with Crippen molar-refractivity contribution in [2.45, 2.75) is 0 Å². The first-order chi connectivity index (χ1) is 7.12. The number of thioether (sulfide) groups is 2. The maximum atomic E-state index is 11.5. The largest absolute Gasteiger partial charge is 0.327 e. The molecule has 0 aromatic carbocycles. The summed E-state index contributed by atoms with van der Waals surface area (Å²) in [5, 5.41) is 0. The zero-order chi connectivity index (χ0) is 11.6. The van der Waals surface area contributed by atoms with Crippen LogP contribution in [0.1, 0.15) is 0 Å². The van der Waals surface area contributed by atoms with E-state index in [0.717, 1.165) is 23.5 Å². The van der Waals surface area contributed by atoms with Crippen molar-refractivity contribution in [3.05, 3.63) is 0 Å². The molecule has 0 atom stereocenters. The molecule has 0 spiro atoms. The normalized spacial score (nSPS) is 11.3. The van der Waals surface area contributed by atoms with Crippen LogP contribution in [0.25, 0.3) is 0 Å². The van der Waals surface area contributed by atoms with Crippen molar-refractivity contribution in [2.75, 3.05) is 31.4 Å². The molecule has 0 heterocycles. The van der Waals surface area contributed by atoms with E-state index in [1.165, 1.54) is 6.66 Å². The molecular formula is C7H13O5PS2. The summed E-state index contributed by atoms with van der Waals surface area (Å²) >= 11 is 2.10. The Hall–Kier alpha value is 0.190. The fourth-order valence-corrected chi connectivity index (χ4v) is 2.35. The molecule has 0 rings (SSSR count). The molecule has 5 nitrogen and oxygen atoms in total. The van der Waals surface area contributed by atoms with Crippen LogP contribution < -0.4 is 0 Å². The Morgan fingerprint density at radius 2 is 1.47 bits per heavy atom. The lowest BCUT2D eigenvalue weighted by Gasteiger charge is -2.12. The molecule has 0 unspecified atom stereocenters. The van der Waals surface area contributed by atoms with Gasteiger partial charge in [-0.1, -0.05) is 23.5 Å². The molecular weight excluding hydrogens is 259 g/mol. The van der Waals surface area contributed by atoms with Gasteiger partial charge in [-0.05, 0) is 0 Å². The second kappa shape index (κ2) is 9.42. The van der Waals surface area contributed by atoms with Crippen LogP contribution in [0.2, 0.25) is 0 Å². The molecule has 0 saturated carbocycles. The van der Waals surface area contributed by atoms with Gasteiger partial charge in [0, 0.05) is 18.2 Å². The Kier molecular flexibility index (Phi) is 9.54. The van der Waals surface area contributed by atoms with Crippen LogP contribution in [0.15, 0.2) is 0 Å². The van der Waals surface area contributed by atoms with Crippen molar-refractivity contribution in [3.63, 3.8) is 0 Å². The molecule has 88 valence electrons. The van der Waals surface area contributed by atoms with Gasteiger partial charge in [-0.3, -0.25) is 14.2 Å². The Labute approximate surface area is 97.2 Å². The van der Waals surface area contributed by atoms with Crippen LogP contribution in [-0.2, 0) is 23.2 Å². The van der Waals surface area contributed by atoms with Gasteiger partial charge in [-0.2, -0.15) is 0 Å². The first-order valence-electron chi connectivity index (χ1n) is 4.09. The highest BCUT2D eigenvalue weighted by Crippen LogP contribution is 2.43. The maximum Gasteiger partial charge on any atom is 0.327 e. The summed E-state index contributed by atoms with van der Waals surface area (Å²) in [6, 6.07) is 0. The van der Waals surface area contributed by atoms with Crippen molar-refractivity contribution < 1.29 is 23.2 Å². The first kappa shape index (κ1) is 15.2. The van der Waals surface area contributed by atoms with E-state index in [1.807, 2.05) is 0 Å². The van der Waals surface area contributed by atoms with Crippen LogP contribution >= 0.6 is 31.1 Å². The topological polar surface area (TPSA) is 69.7 Å². The fraction of sp³-hybridized carbons (Fsp3) is 0.714. The third-order valence-corrected chi connectivity index (χ3v) is 3.57. The van der Waals surface area contributed by atoms with Gasteiger partial charge in [0.05, 0.1) is 13.2 Å². The molecule has 0 fully saturated rings. The van der Waals surface area contributed by atoms with Gasteiger partial charge in [-0.15, -0.1) is 0 Å². The van der Waals surface area contributed by atoms with Gasteiger partial charge in [0.25, 0.3) is 0 Å². The lowest BCUT2D eigenvalue weighted by atomic mass is 10.9. The van der Waals surface area contributed by atoms with Gasteiger partial charge >= 0.3 is 7.60 Å². The fourth-order valence-electron chi connectivity index (χ4n) is 0.636. The Bertz CT molecular complexity index is 215. The van der Waals surface area contributed by atoms with Gasteiger partial charge in [-0.25, -0.2) is 0 Å². The van der Waals surface area contributed by atoms with Crippen molar-refractivity contribution >= 4 is 42.4 Å². The highest BCUT2D eigenvalue weighted by Gasteiger charge is 2.15. The first-order valence-corrected chi connectivity index (χ1v) is 8.18. The van der Waals surface area contributed by atoms with Crippen LogP contribution in [-0.4, -0.2) is 42.6 Å². The van der Waals surface area contributed by atoms with Crippen LogP contribution in [0, 0.1) is 0 Å². The molecule has 0 N–H and O–H groups in total. The third kappa shape index (κ3) is 10.5. The van der Waals surface area contributed by atoms with Crippen molar-refractivity contribution in [1.29, 1.82) is 0 Å². The highest BCUT2D eigenvalue weighted by molar-refractivity contribution is 8.12. The summed E-state index contributed by atoms with van der Waals surface area (Å²) in [4.78, 5) is 19.9. The van der Waals surface area contributed by atoms with E-state index in [1.54, 1.807) is 0 Å². The Morgan fingerprint density at radius 3 is 1.80 bits per heavy atom. The molecule has 0 aliphatic carbocycles. The van der Waals surface area contributed by atoms with E-state index >= 15 is 0 Å². The van der Waals surface area contributed by atoms with E-state index in [0.29, 0.717) is 22.7 Å². The summed E-state index contributed by atoms with van der Waals surface area (Å²) in [5.41, 5.74) is 1.40. The van der Waals surface area contributed by atoms with E-state index in [2.05, 4.69) is 0 Å². The monoisotopic (exact) mass is 272 g/mol. The standard InChI is InChI=1S/C7H13O5PS2/c1-13(10,11-2-4-14-6-8)12-3-5-15-7-9/h6-7H,2-5H2,1H3. The minimum absolute atomic E-state index is 0.206. The van der Waals surface area contributed by atoms with Crippen molar-refractivity contribution in [1.82, 2.24) is 0 Å². The number of rotatable bonds is 10. The van der Waals surface area contributed by atoms with Crippen LogP contribution in [0.3, 0.4) is 0 Å². The van der Waals surface area contributed by atoms with Gasteiger partial charge in [0.1, 0.15) is 0 Å². The number of carbonyl (C=O) groups excluding carboxylic acids is 2. The smallest absolute Gasteiger partial charge is 0.308 e. The molecule has 0 aromatic heterocycles. The molecule has 0 bridgehead atoms. The quantitative estimate of drug-likeness (QED) is 0.340. The van der Waals surface area contributed by atoms with Gasteiger partial charge in [0.15, 0.2) is 11.2 Å². The third-order valence-electron chi connectivity index (χ3n) is 1.19. The van der Waals surface area contributed by atoms with Gasteiger partial charge in [0.2, 0.25) is 0 Å². The van der Waals surface area contributed by atoms with Crippen molar-refractivity contribution in [2.24, 2.45) is 0 Å². The molecule has 0 aliphatic heterocycles. The second-order valence-electron chi connectivity index (χ2n) is 2.37. The van der Waals surface area contributed by atoms with E-state index in [-0.39, 0.29) is 13.2 Å². The molecule has 0 aromatic rings. The number of carbonyl (C=O) groups is 2. The Morgan fingerprint density at radius 1 is 1.07 bits per heavy atom. The molecule has 8 heteroatoms. The minimum Gasteiger partial charge on any atom is -0.308 e. The summed E-state index contributed by atoms with van der Waals surface area (Å²) in [5.74, 6) is 0.904. The Balaban J connectivity index is 3.53. The van der Waals surface area contributed by atoms with Crippen LogP contribution in [0.5, 0.6) is 0 Å². The summed E-state index contributed by atoms with van der Waals surface area (Å²) in [6.07, 6.45) is 0. The molecule has 15 heavy (non-hydrogen) atoms. The van der Waals surface area contributed by atoms with E-state index in [9.17, 15) is 14.2 Å².